The van der Waals surface area contributed by atoms with Gasteiger partial charge in [-0.2, -0.15) is 0 Å². The topological polar surface area (TPSA) is 63.2 Å². The minimum Gasteiger partial charge on any atom is -0.376 e. The van der Waals surface area contributed by atoms with Gasteiger partial charge in [0.1, 0.15) is 5.82 Å². The minimum absolute atomic E-state index is 0.0998. The smallest absolute Gasteiger partial charge is 0.252 e. The Labute approximate surface area is 165 Å². The largest absolute Gasteiger partial charge is 0.376 e. The summed E-state index contributed by atoms with van der Waals surface area (Å²) in [6, 6.07) is 15.7. The van der Waals surface area contributed by atoms with Gasteiger partial charge >= 0.3 is 0 Å². The Morgan fingerprint density at radius 3 is 2.79 bits per heavy atom. The van der Waals surface area contributed by atoms with Crippen LogP contribution in [0.3, 0.4) is 0 Å². The molecule has 28 heavy (non-hydrogen) atoms. The van der Waals surface area contributed by atoms with E-state index in [0.717, 1.165) is 36.0 Å². The van der Waals surface area contributed by atoms with E-state index in [9.17, 15) is 4.79 Å². The summed E-state index contributed by atoms with van der Waals surface area (Å²) in [4.78, 5) is 17.6. The Morgan fingerprint density at radius 2 is 2.00 bits per heavy atom. The van der Waals surface area contributed by atoms with Crippen LogP contribution in [0.5, 0.6) is 0 Å². The molecular weight excluding hydrogens is 350 g/mol. The molecule has 2 heterocycles. The minimum atomic E-state index is -0.0998. The van der Waals surface area contributed by atoms with Crippen molar-refractivity contribution in [2.24, 2.45) is 0 Å². The fourth-order valence-electron chi connectivity index (χ4n) is 3.50. The van der Waals surface area contributed by atoms with Crippen molar-refractivity contribution in [1.29, 1.82) is 0 Å². The highest BCUT2D eigenvalue weighted by molar-refractivity contribution is 6.07. The van der Waals surface area contributed by atoms with Crippen LogP contribution in [-0.2, 0) is 4.74 Å². The lowest BCUT2D eigenvalue weighted by Gasteiger charge is -2.14. The quantitative estimate of drug-likeness (QED) is 0.689. The number of benzene rings is 2. The number of nitrogens with zero attached hydrogens (tertiary/aromatic N) is 1. The van der Waals surface area contributed by atoms with Gasteiger partial charge in [-0.15, -0.1) is 0 Å². The molecule has 1 fully saturated rings. The lowest BCUT2D eigenvalue weighted by molar-refractivity contribution is 0.0859. The van der Waals surface area contributed by atoms with Crippen molar-refractivity contribution >= 4 is 28.3 Å². The first kappa shape index (κ1) is 18.4. The van der Waals surface area contributed by atoms with E-state index in [-0.39, 0.29) is 12.0 Å². The fraction of sp³-hybridized carbons (Fsp3) is 0.304. The molecule has 1 aliphatic rings. The Bertz CT molecular complexity index is 1010. The van der Waals surface area contributed by atoms with E-state index in [1.165, 1.54) is 11.1 Å². The zero-order valence-electron chi connectivity index (χ0n) is 16.3. The lowest BCUT2D eigenvalue weighted by atomic mass is 10.1. The maximum Gasteiger partial charge on any atom is 0.252 e. The molecule has 0 radical (unpaired) electrons. The normalized spacial score (nSPS) is 16.3. The number of fused-ring (bicyclic) bond motifs is 1. The van der Waals surface area contributed by atoms with E-state index in [1.54, 1.807) is 0 Å². The molecule has 1 aromatic heterocycles. The van der Waals surface area contributed by atoms with Crippen LogP contribution in [0.4, 0.5) is 11.5 Å². The zero-order valence-corrected chi connectivity index (χ0v) is 16.3. The molecule has 0 bridgehead atoms. The number of anilines is 2. The number of rotatable bonds is 5. The molecule has 4 rings (SSSR count). The van der Waals surface area contributed by atoms with Crippen LogP contribution in [0.1, 0.15) is 34.3 Å². The molecule has 0 saturated carbocycles. The van der Waals surface area contributed by atoms with Crippen LogP contribution in [-0.4, -0.2) is 30.1 Å². The monoisotopic (exact) mass is 375 g/mol. The van der Waals surface area contributed by atoms with Gasteiger partial charge in [0.05, 0.1) is 17.2 Å². The van der Waals surface area contributed by atoms with Crippen molar-refractivity contribution in [1.82, 2.24) is 10.3 Å². The summed E-state index contributed by atoms with van der Waals surface area (Å²) in [5.41, 5.74) is 4.82. The highest BCUT2D eigenvalue weighted by Crippen LogP contribution is 2.24. The Morgan fingerprint density at radius 1 is 1.14 bits per heavy atom. The van der Waals surface area contributed by atoms with Crippen molar-refractivity contribution in [2.75, 3.05) is 18.5 Å². The SMILES string of the molecule is Cc1ccc(Nc2cc(C(=O)NCC3CCCO3)c3ccccc3n2)cc1C. The van der Waals surface area contributed by atoms with E-state index in [0.29, 0.717) is 17.9 Å². The molecule has 1 unspecified atom stereocenters. The number of aryl methyl sites for hydroxylation is 2. The third-order valence-corrected chi connectivity index (χ3v) is 5.25. The summed E-state index contributed by atoms with van der Waals surface area (Å²) in [7, 11) is 0. The van der Waals surface area contributed by atoms with Crippen LogP contribution in [0.15, 0.2) is 48.5 Å². The van der Waals surface area contributed by atoms with Gasteiger partial charge in [0.25, 0.3) is 5.91 Å². The first-order chi connectivity index (χ1) is 13.6. The first-order valence-corrected chi connectivity index (χ1v) is 9.74. The molecule has 3 aromatic rings. The summed E-state index contributed by atoms with van der Waals surface area (Å²) in [5.74, 6) is 0.557. The van der Waals surface area contributed by atoms with Gasteiger partial charge in [0.15, 0.2) is 0 Å². The van der Waals surface area contributed by atoms with E-state index in [4.69, 9.17) is 4.74 Å². The summed E-state index contributed by atoms with van der Waals surface area (Å²) < 4.78 is 5.61. The van der Waals surface area contributed by atoms with E-state index < -0.39 is 0 Å². The number of hydrogen-bond acceptors (Lipinski definition) is 4. The molecule has 1 aliphatic heterocycles. The Balaban J connectivity index is 1.62. The van der Waals surface area contributed by atoms with Crippen LogP contribution >= 0.6 is 0 Å². The summed E-state index contributed by atoms with van der Waals surface area (Å²) in [6.45, 7) is 5.49. The molecule has 5 nitrogen and oxygen atoms in total. The number of hydrogen-bond donors (Lipinski definition) is 2. The predicted molar refractivity (Wildman–Crippen MR) is 112 cm³/mol. The van der Waals surface area contributed by atoms with Crippen LogP contribution in [0, 0.1) is 13.8 Å². The van der Waals surface area contributed by atoms with Gasteiger partial charge in [-0.05, 0) is 62.1 Å². The van der Waals surface area contributed by atoms with Gasteiger partial charge in [0, 0.05) is 24.2 Å². The predicted octanol–water partition coefficient (Wildman–Crippen LogP) is 4.50. The number of nitrogens with one attached hydrogen (secondary N) is 2. The highest BCUT2D eigenvalue weighted by atomic mass is 16.5. The maximum atomic E-state index is 12.9. The van der Waals surface area contributed by atoms with Crippen LogP contribution in [0.2, 0.25) is 0 Å². The highest BCUT2D eigenvalue weighted by Gasteiger charge is 2.18. The molecule has 5 heteroatoms. The van der Waals surface area contributed by atoms with Crippen molar-refractivity contribution < 1.29 is 9.53 Å². The second-order valence-electron chi connectivity index (χ2n) is 7.34. The van der Waals surface area contributed by atoms with Gasteiger partial charge in [-0.25, -0.2) is 4.98 Å². The van der Waals surface area contributed by atoms with E-state index in [2.05, 4.69) is 41.6 Å². The number of aromatic nitrogens is 1. The Kier molecular flexibility index (Phi) is 5.26. The number of carbonyl (C=O) groups is 1. The van der Waals surface area contributed by atoms with Gasteiger partial charge < -0.3 is 15.4 Å². The number of pyridine rings is 1. The third-order valence-electron chi connectivity index (χ3n) is 5.25. The fourth-order valence-corrected chi connectivity index (χ4v) is 3.50. The number of ether oxygens (including phenoxy) is 1. The van der Waals surface area contributed by atoms with Crippen LogP contribution in [0.25, 0.3) is 10.9 Å². The number of carbonyl (C=O) groups excluding carboxylic acids is 1. The molecule has 0 aliphatic carbocycles. The summed E-state index contributed by atoms with van der Waals surface area (Å²) in [6.07, 6.45) is 2.17. The third kappa shape index (κ3) is 3.99. The molecule has 2 N–H and O–H groups in total. The van der Waals surface area contributed by atoms with Crippen molar-refractivity contribution in [3.63, 3.8) is 0 Å². The Hall–Kier alpha value is -2.92. The maximum absolute atomic E-state index is 12.9. The van der Waals surface area contributed by atoms with E-state index >= 15 is 0 Å². The van der Waals surface area contributed by atoms with Crippen molar-refractivity contribution in [2.45, 2.75) is 32.8 Å². The van der Waals surface area contributed by atoms with Gasteiger partial charge in [-0.3, -0.25) is 4.79 Å². The van der Waals surface area contributed by atoms with Crippen molar-refractivity contribution in [3.8, 4) is 0 Å². The molecule has 144 valence electrons. The molecule has 1 saturated heterocycles. The van der Waals surface area contributed by atoms with Gasteiger partial charge in [0.2, 0.25) is 0 Å². The molecule has 0 spiro atoms. The average Bonchev–Trinajstić information content (AvgIpc) is 3.22. The van der Waals surface area contributed by atoms with Crippen LogP contribution < -0.4 is 10.6 Å². The standard InChI is InChI=1S/C23H25N3O2/c1-15-9-10-17(12-16(15)2)25-22-13-20(19-7-3-4-8-21(19)26-22)23(27)24-14-18-6-5-11-28-18/h3-4,7-10,12-13,18H,5-6,11,14H2,1-2H3,(H,24,27)(H,25,26). The molecule has 1 amide bonds. The lowest BCUT2D eigenvalue weighted by Crippen LogP contribution is -2.32. The number of amides is 1. The van der Waals surface area contributed by atoms with Crippen molar-refractivity contribution in [3.05, 3.63) is 65.2 Å². The van der Waals surface area contributed by atoms with Gasteiger partial charge in [-0.1, -0.05) is 24.3 Å². The summed E-state index contributed by atoms with van der Waals surface area (Å²) in [5, 5.41) is 7.21. The first-order valence-electron chi connectivity index (χ1n) is 9.74. The second kappa shape index (κ2) is 7.98. The zero-order chi connectivity index (χ0) is 19.5. The molecule has 1 atom stereocenters. The molecule has 2 aromatic carbocycles. The summed E-state index contributed by atoms with van der Waals surface area (Å²) >= 11 is 0. The van der Waals surface area contributed by atoms with E-state index in [1.807, 2.05) is 36.4 Å². The average molecular weight is 375 g/mol. The second-order valence-corrected chi connectivity index (χ2v) is 7.34. The number of para-hydroxylation sites is 1. The molecular formula is C23H25N3O2.